The van der Waals surface area contributed by atoms with E-state index >= 15 is 0 Å². The van der Waals surface area contributed by atoms with Crippen LogP contribution >= 0.6 is 0 Å². The van der Waals surface area contributed by atoms with Crippen LogP contribution in [0.15, 0.2) is 0 Å². The molecule has 0 radical (unpaired) electrons. The third-order valence-electron chi connectivity index (χ3n) is 5.52. The number of aliphatic hydroxyl groups is 5. The summed E-state index contributed by atoms with van der Waals surface area (Å²) in [6.45, 7) is -2.75. The van der Waals surface area contributed by atoms with Gasteiger partial charge in [0.25, 0.3) is 0 Å². The van der Waals surface area contributed by atoms with E-state index in [1.165, 1.54) is 7.11 Å². The van der Waals surface area contributed by atoms with Gasteiger partial charge >= 0.3 is 59.1 Å². The maximum absolute atomic E-state index is 10.5. The monoisotopic (exact) mass is 544 g/mol. The van der Waals surface area contributed by atoms with Gasteiger partial charge in [-0.25, -0.2) is 0 Å². The number of hydrogen-bond donors (Lipinski definition) is 5. The molecule has 0 bridgehead atoms. The molecule has 0 aromatic heterocycles. The molecule has 2 aliphatic heterocycles. The van der Waals surface area contributed by atoms with Crippen LogP contribution in [0.1, 0.15) is 0 Å². The minimum Gasteiger partial charge on any atom is -0.548 e. The third kappa shape index (κ3) is 10.6. The van der Waals surface area contributed by atoms with Crippen LogP contribution in [0, 0.1) is 5.92 Å². The Labute approximate surface area is 251 Å². The number of carbonyl (C=O) groups excluding carboxylic acids is 2. The normalized spacial score (nSPS) is 36.4. The predicted molar refractivity (Wildman–Crippen MR) is 100 cm³/mol. The first-order chi connectivity index (χ1) is 16.1. The Morgan fingerprint density at radius 2 is 1.22 bits per heavy atom. The van der Waals surface area contributed by atoms with Crippen LogP contribution in [0.4, 0.5) is 0 Å². The van der Waals surface area contributed by atoms with Crippen molar-refractivity contribution < 1.29 is 133 Å². The van der Waals surface area contributed by atoms with E-state index in [4.69, 9.17) is 28.4 Å². The second kappa shape index (κ2) is 18.0. The molecule has 2 saturated heterocycles. The number of aliphatic hydroxyl groups excluding tert-OH is 5. The van der Waals surface area contributed by atoms with Crippen LogP contribution in [0.2, 0.25) is 0 Å². The van der Waals surface area contributed by atoms with Gasteiger partial charge in [-0.2, -0.15) is 0 Å². The van der Waals surface area contributed by atoms with Crippen molar-refractivity contribution in [3.8, 4) is 0 Å². The summed E-state index contributed by atoms with van der Waals surface area (Å²) in [4.78, 5) is 21.1. The molecular formula is C19H30Na2O15. The number of ether oxygens (including phenoxy) is 6. The van der Waals surface area contributed by atoms with E-state index in [1.54, 1.807) is 0 Å². The van der Waals surface area contributed by atoms with Gasteiger partial charge in [-0.1, -0.05) is 0 Å². The fraction of sp³-hybridized carbons (Fsp3) is 0.895. The zero-order valence-electron chi connectivity index (χ0n) is 20.3. The van der Waals surface area contributed by atoms with Gasteiger partial charge in [0.05, 0.1) is 63.8 Å². The molecule has 17 heteroatoms. The molecule has 0 spiro atoms. The van der Waals surface area contributed by atoms with Crippen LogP contribution in [0.25, 0.3) is 0 Å². The minimum atomic E-state index is -1.74. The molecule has 10 atom stereocenters. The summed E-state index contributed by atoms with van der Waals surface area (Å²) in [7, 11) is 1.26. The van der Waals surface area contributed by atoms with Crippen LogP contribution in [-0.4, -0.2) is 139 Å². The van der Waals surface area contributed by atoms with Crippen molar-refractivity contribution in [2.75, 3.05) is 46.8 Å². The SMILES string of the molecule is CO[C@@H]1C(COCC(=O)[O-])O[C@@H](COC[C@H]2C(O)C(O)[C@H](O)O[C@H]2COCC(=O)[O-])C(O)[C@@H]1O.[Na+].[Na+]. The van der Waals surface area contributed by atoms with Crippen LogP contribution in [0.5, 0.6) is 0 Å². The second-order valence-electron chi connectivity index (χ2n) is 7.92. The molecule has 15 nitrogen and oxygen atoms in total. The summed E-state index contributed by atoms with van der Waals surface area (Å²) >= 11 is 0. The van der Waals surface area contributed by atoms with Crippen molar-refractivity contribution >= 4 is 11.9 Å². The molecular weight excluding hydrogens is 514 g/mol. The molecule has 36 heavy (non-hydrogen) atoms. The van der Waals surface area contributed by atoms with Crippen molar-refractivity contribution in [1.82, 2.24) is 0 Å². The number of carboxylic acids is 2. The van der Waals surface area contributed by atoms with Gasteiger partial charge in [0.15, 0.2) is 6.29 Å². The Morgan fingerprint density at radius 3 is 1.75 bits per heavy atom. The third-order valence-corrected chi connectivity index (χ3v) is 5.52. The Balaban J connectivity index is 0.00000612. The maximum Gasteiger partial charge on any atom is 1.00 e. The van der Waals surface area contributed by atoms with E-state index in [0.29, 0.717) is 0 Å². The van der Waals surface area contributed by atoms with E-state index in [1.807, 2.05) is 0 Å². The summed E-state index contributed by atoms with van der Waals surface area (Å²) in [6.07, 6.45) is -12.0. The Bertz CT molecular complexity index is 658. The van der Waals surface area contributed by atoms with Crippen LogP contribution in [0.3, 0.4) is 0 Å². The van der Waals surface area contributed by atoms with Gasteiger partial charge in [0.1, 0.15) is 36.6 Å². The summed E-state index contributed by atoms with van der Waals surface area (Å²) in [5.74, 6) is -3.91. The quantitative estimate of drug-likeness (QED) is 0.135. The van der Waals surface area contributed by atoms with E-state index in [0.717, 1.165) is 0 Å². The Morgan fingerprint density at radius 1 is 0.694 bits per heavy atom. The first-order valence-corrected chi connectivity index (χ1v) is 10.4. The van der Waals surface area contributed by atoms with Crippen molar-refractivity contribution in [3.63, 3.8) is 0 Å². The largest absolute Gasteiger partial charge is 1.00 e. The van der Waals surface area contributed by atoms with Gasteiger partial charge in [-0.3, -0.25) is 0 Å². The number of carbonyl (C=O) groups is 2. The molecule has 2 heterocycles. The van der Waals surface area contributed by atoms with E-state index in [2.05, 4.69) is 0 Å². The van der Waals surface area contributed by atoms with Gasteiger partial charge < -0.3 is 73.8 Å². The molecule has 0 aromatic carbocycles. The number of hydrogen-bond acceptors (Lipinski definition) is 15. The molecule has 2 aliphatic rings. The number of rotatable bonds is 13. The molecule has 0 amide bonds. The van der Waals surface area contributed by atoms with Gasteiger partial charge in [-0.05, 0) is 0 Å². The maximum atomic E-state index is 10.5. The topological polar surface area (TPSA) is 237 Å². The molecule has 2 fully saturated rings. The number of carboxylic acid groups (broad SMARTS) is 2. The Kier molecular flexibility index (Phi) is 18.2. The summed E-state index contributed by atoms with van der Waals surface area (Å²) in [5.41, 5.74) is 0. The summed E-state index contributed by atoms with van der Waals surface area (Å²) in [6, 6.07) is 0. The van der Waals surface area contributed by atoms with E-state index in [9.17, 15) is 45.3 Å². The second-order valence-corrected chi connectivity index (χ2v) is 7.92. The molecule has 0 saturated carbocycles. The zero-order valence-corrected chi connectivity index (χ0v) is 24.3. The van der Waals surface area contributed by atoms with Gasteiger partial charge in [0, 0.05) is 13.0 Å². The first-order valence-electron chi connectivity index (χ1n) is 10.4. The molecule has 5 N–H and O–H groups in total. The van der Waals surface area contributed by atoms with Crippen molar-refractivity contribution in [2.24, 2.45) is 5.92 Å². The van der Waals surface area contributed by atoms with Gasteiger partial charge in [0.2, 0.25) is 0 Å². The first kappa shape index (κ1) is 36.5. The van der Waals surface area contributed by atoms with E-state index < -0.39 is 86.2 Å². The molecule has 0 aliphatic carbocycles. The van der Waals surface area contributed by atoms with Crippen molar-refractivity contribution in [3.05, 3.63) is 0 Å². The molecule has 198 valence electrons. The van der Waals surface area contributed by atoms with E-state index in [-0.39, 0.29) is 85.5 Å². The number of methoxy groups -OCH3 is 1. The zero-order chi connectivity index (χ0) is 25.4. The minimum absolute atomic E-state index is 0. The average molecular weight is 544 g/mol. The van der Waals surface area contributed by atoms with Crippen LogP contribution in [-0.2, 0) is 38.0 Å². The van der Waals surface area contributed by atoms with Crippen molar-refractivity contribution in [2.45, 2.75) is 55.1 Å². The average Bonchev–Trinajstić information content (AvgIpc) is 2.77. The molecule has 2 rings (SSSR count). The van der Waals surface area contributed by atoms with Gasteiger partial charge in [-0.15, -0.1) is 0 Å². The predicted octanol–water partition coefficient (Wildman–Crippen LogP) is -12.9. The summed E-state index contributed by atoms with van der Waals surface area (Å²) < 4.78 is 31.3. The fourth-order valence-electron chi connectivity index (χ4n) is 3.79. The summed E-state index contributed by atoms with van der Waals surface area (Å²) in [5, 5.41) is 71.7. The molecule has 0 aromatic rings. The van der Waals surface area contributed by atoms with Crippen molar-refractivity contribution in [1.29, 1.82) is 0 Å². The molecule has 4 unspecified atom stereocenters. The standard InChI is InChI=1S/C19H32O15.2Na/c1-29-18-11(5-32-7-13(22)23)33-10(15(25)16(18)26)4-30-2-8-9(3-31-6-12(20)21)34-19(28)17(27)14(8)24;;/h8-11,14-19,24-28H,2-7H2,1H3,(H,20,21)(H,22,23);;/q;2*+1/p-2/t8-,9+,10+,11?,14?,15?,16+,17?,18-,19-;;/m1../s1. The number of aliphatic carboxylic acids is 2. The fourth-order valence-corrected chi connectivity index (χ4v) is 3.79. The Hall–Kier alpha value is 0.500. The smallest absolute Gasteiger partial charge is 0.548 e. The van der Waals surface area contributed by atoms with Crippen LogP contribution < -0.4 is 69.3 Å².